The molecular weight excluding hydrogens is 108 g/mol. The molecule has 0 aliphatic heterocycles. The van der Waals surface area contributed by atoms with E-state index in [4.69, 9.17) is 10.8 Å². The van der Waals surface area contributed by atoms with Crippen molar-refractivity contribution in [3.63, 3.8) is 0 Å². The highest BCUT2D eigenvalue weighted by atomic mass is 16.4. The number of nitrogens with two attached hydrogens (primary N) is 1. The average molecular weight is 120 g/mol. The zero-order chi connectivity index (χ0) is 6.08. The van der Waals surface area contributed by atoms with Gasteiger partial charge in [-0.1, -0.05) is 0 Å². The Morgan fingerprint density at radius 1 is 1.62 bits per heavy atom. The molecule has 0 saturated carbocycles. The lowest BCUT2D eigenvalue weighted by Gasteiger charge is -2.09. The molecule has 0 atom stereocenters. The fraction of sp³-hybridized carbons (Fsp3) is 0.750. The molecule has 0 unspecified atom stereocenters. The number of carbonyl (C=O) groups is 1. The second-order valence-electron chi connectivity index (χ2n) is 2.03. The first kappa shape index (κ1) is 10.4. The minimum absolute atomic E-state index is 0. The van der Waals surface area contributed by atoms with Gasteiger partial charge in [-0.15, -0.1) is 0 Å². The fourth-order valence-corrected chi connectivity index (χ4v) is 0. The molecule has 0 bridgehead atoms. The van der Waals surface area contributed by atoms with Crippen molar-refractivity contribution < 1.29 is 9.90 Å². The smallest absolute Gasteiger partial charge is 0.323 e. The summed E-state index contributed by atoms with van der Waals surface area (Å²) in [6, 6.07) is 0. The Morgan fingerprint density at radius 3 is 1.75 bits per heavy atom. The van der Waals surface area contributed by atoms with Crippen LogP contribution in [0.3, 0.4) is 0 Å². The van der Waals surface area contributed by atoms with Gasteiger partial charge >= 0.3 is 5.97 Å². The maximum absolute atomic E-state index is 9.90. The minimum Gasteiger partial charge on any atom is -0.480 e. The molecule has 0 aromatic carbocycles. The van der Waals surface area contributed by atoms with E-state index in [9.17, 15) is 4.79 Å². The van der Waals surface area contributed by atoms with Crippen LogP contribution in [0.1, 0.15) is 13.8 Å². The molecule has 0 aromatic heterocycles. The molecule has 0 radical (unpaired) electrons. The van der Waals surface area contributed by atoms with Crippen LogP contribution >= 0.6 is 0 Å². The number of carboxylic acids is 1. The van der Waals surface area contributed by atoms with Gasteiger partial charge in [-0.25, -0.2) is 0 Å². The molecule has 0 aliphatic rings. The van der Waals surface area contributed by atoms with Gasteiger partial charge in [-0.3, -0.25) is 4.79 Å². The molecule has 0 aliphatic carbocycles. The van der Waals surface area contributed by atoms with Gasteiger partial charge in [-0.2, -0.15) is 0 Å². The zero-order valence-corrected chi connectivity index (χ0v) is 5.14. The van der Waals surface area contributed by atoms with E-state index in [0.29, 0.717) is 0 Å². The molecule has 8 heavy (non-hydrogen) atoms. The van der Waals surface area contributed by atoms with Gasteiger partial charge in [0.25, 0.3) is 0 Å². The van der Waals surface area contributed by atoms with Crippen molar-refractivity contribution in [3.05, 3.63) is 0 Å². The molecule has 50 valence electrons. The van der Waals surface area contributed by atoms with E-state index in [-0.39, 0.29) is 6.15 Å². The van der Waals surface area contributed by atoms with Gasteiger partial charge in [0.2, 0.25) is 0 Å². The number of rotatable bonds is 1. The third kappa shape index (κ3) is 3.58. The van der Waals surface area contributed by atoms with Crippen LogP contribution in [0.5, 0.6) is 0 Å². The second-order valence-corrected chi connectivity index (χ2v) is 2.03. The van der Waals surface area contributed by atoms with Crippen LogP contribution in [0.2, 0.25) is 0 Å². The van der Waals surface area contributed by atoms with Gasteiger partial charge in [0.05, 0.1) is 0 Å². The van der Waals surface area contributed by atoms with Crippen LogP contribution < -0.4 is 11.9 Å². The fourth-order valence-electron chi connectivity index (χ4n) is 0. The van der Waals surface area contributed by atoms with Crippen LogP contribution in [0.15, 0.2) is 0 Å². The topological polar surface area (TPSA) is 98.3 Å². The number of hydrogen-bond acceptors (Lipinski definition) is 3. The molecule has 0 fully saturated rings. The van der Waals surface area contributed by atoms with Crippen molar-refractivity contribution in [2.24, 2.45) is 5.73 Å². The Balaban J connectivity index is 0. The maximum Gasteiger partial charge on any atom is 0.323 e. The van der Waals surface area contributed by atoms with Crippen LogP contribution in [-0.4, -0.2) is 16.6 Å². The molecule has 0 amide bonds. The van der Waals surface area contributed by atoms with E-state index in [1.54, 1.807) is 0 Å². The summed E-state index contributed by atoms with van der Waals surface area (Å²) in [5.41, 5.74) is 4.00. The largest absolute Gasteiger partial charge is 0.480 e. The third-order valence-corrected chi connectivity index (χ3v) is 0.551. The predicted molar refractivity (Wildman–Crippen MR) is 30.9 cm³/mol. The van der Waals surface area contributed by atoms with E-state index in [2.05, 4.69) is 0 Å². The molecule has 0 spiro atoms. The van der Waals surface area contributed by atoms with Crippen molar-refractivity contribution >= 4 is 5.97 Å². The molecule has 6 N–H and O–H groups in total. The molecule has 4 heteroatoms. The van der Waals surface area contributed by atoms with Crippen molar-refractivity contribution in [2.45, 2.75) is 19.4 Å². The lowest BCUT2D eigenvalue weighted by molar-refractivity contribution is -0.141. The Hall–Kier alpha value is -0.610. The van der Waals surface area contributed by atoms with Gasteiger partial charge in [-0.05, 0) is 13.8 Å². The van der Waals surface area contributed by atoms with E-state index in [1.807, 2.05) is 0 Å². The van der Waals surface area contributed by atoms with E-state index in [1.165, 1.54) is 13.8 Å². The van der Waals surface area contributed by atoms with Crippen molar-refractivity contribution in [1.29, 1.82) is 0 Å². The summed E-state index contributed by atoms with van der Waals surface area (Å²) in [5, 5.41) is 8.12. The lowest BCUT2D eigenvalue weighted by Crippen LogP contribution is -2.41. The first-order chi connectivity index (χ1) is 2.94. The average Bonchev–Trinajstić information content (AvgIpc) is 1.31. The SMILES string of the molecule is CC(C)(N)C(=O)O.N. The number of carboxylic acid groups (broad SMARTS) is 1. The first-order valence-electron chi connectivity index (χ1n) is 1.97. The number of hydrogen-bond donors (Lipinski definition) is 3. The Kier molecular flexibility index (Phi) is 3.42. The second kappa shape index (κ2) is 2.64. The summed E-state index contributed by atoms with van der Waals surface area (Å²) in [7, 11) is 0. The van der Waals surface area contributed by atoms with Crippen LogP contribution in [-0.2, 0) is 4.79 Å². The predicted octanol–water partition coefficient (Wildman–Crippen LogP) is -0.0297. The standard InChI is InChI=1S/C4H9NO2.H3N/c1-4(2,5)3(6)7;/h5H2,1-2H3,(H,6,7);1H3. The molecule has 0 aromatic rings. The Morgan fingerprint density at radius 2 is 1.75 bits per heavy atom. The van der Waals surface area contributed by atoms with Crippen LogP contribution in [0, 0.1) is 0 Å². The maximum atomic E-state index is 9.90. The van der Waals surface area contributed by atoms with E-state index < -0.39 is 11.5 Å². The molecule has 0 saturated heterocycles. The van der Waals surface area contributed by atoms with Crippen molar-refractivity contribution in [2.75, 3.05) is 0 Å². The monoisotopic (exact) mass is 120 g/mol. The van der Waals surface area contributed by atoms with Crippen molar-refractivity contribution in [1.82, 2.24) is 6.15 Å². The summed E-state index contributed by atoms with van der Waals surface area (Å²) < 4.78 is 0. The van der Waals surface area contributed by atoms with Gasteiger partial charge in [0.1, 0.15) is 5.54 Å². The molecule has 0 heterocycles. The lowest BCUT2D eigenvalue weighted by atomic mass is 10.1. The minimum atomic E-state index is -1.08. The van der Waals surface area contributed by atoms with E-state index in [0.717, 1.165) is 0 Å². The molecule has 4 nitrogen and oxygen atoms in total. The van der Waals surface area contributed by atoms with Crippen LogP contribution in [0.25, 0.3) is 0 Å². The van der Waals surface area contributed by atoms with Gasteiger partial charge < -0.3 is 17.0 Å². The Bertz CT molecular complexity index is 84.5. The summed E-state index contributed by atoms with van der Waals surface area (Å²) in [6.07, 6.45) is 0. The quantitative estimate of drug-likeness (QED) is 0.452. The summed E-state index contributed by atoms with van der Waals surface area (Å²) in [4.78, 5) is 9.90. The van der Waals surface area contributed by atoms with Crippen LogP contribution in [0.4, 0.5) is 0 Å². The van der Waals surface area contributed by atoms with Gasteiger partial charge in [0.15, 0.2) is 0 Å². The van der Waals surface area contributed by atoms with Crippen molar-refractivity contribution in [3.8, 4) is 0 Å². The molecular formula is C4H12N2O2. The highest BCUT2D eigenvalue weighted by Crippen LogP contribution is 1.93. The summed E-state index contributed by atoms with van der Waals surface area (Å²) in [6.45, 7) is 2.88. The Labute approximate surface area is 48.3 Å². The normalized spacial score (nSPS) is 9.88. The summed E-state index contributed by atoms with van der Waals surface area (Å²) >= 11 is 0. The third-order valence-electron chi connectivity index (χ3n) is 0.551. The van der Waals surface area contributed by atoms with E-state index >= 15 is 0 Å². The van der Waals surface area contributed by atoms with Gasteiger partial charge in [0, 0.05) is 0 Å². The highest BCUT2D eigenvalue weighted by Gasteiger charge is 2.19. The number of aliphatic carboxylic acids is 1. The molecule has 0 rings (SSSR count). The first-order valence-corrected chi connectivity index (χ1v) is 1.97. The zero-order valence-electron chi connectivity index (χ0n) is 5.14. The summed E-state index contributed by atoms with van der Waals surface area (Å²) in [5.74, 6) is -0.979. The highest BCUT2D eigenvalue weighted by molar-refractivity contribution is 5.77.